The van der Waals surface area contributed by atoms with E-state index in [1.165, 1.54) is 0 Å². The number of morpholine rings is 1. The summed E-state index contributed by atoms with van der Waals surface area (Å²) < 4.78 is 10.7. The van der Waals surface area contributed by atoms with Crippen molar-refractivity contribution in [1.82, 2.24) is 4.90 Å². The topological polar surface area (TPSA) is 45.5 Å². The van der Waals surface area contributed by atoms with E-state index in [4.69, 9.17) is 14.9 Å². The van der Waals surface area contributed by atoms with E-state index in [0.717, 1.165) is 18.7 Å². The molecule has 1 aliphatic rings. The summed E-state index contributed by atoms with van der Waals surface area (Å²) in [5, 5.41) is 8.22. The lowest BCUT2D eigenvalue weighted by atomic mass is 10.1. The van der Waals surface area contributed by atoms with E-state index in [9.17, 15) is 0 Å². The molecule has 0 radical (unpaired) electrons. The van der Waals surface area contributed by atoms with Crippen molar-refractivity contribution in [3.05, 3.63) is 35.9 Å². The van der Waals surface area contributed by atoms with Crippen LogP contribution in [-0.4, -0.2) is 44.1 Å². The van der Waals surface area contributed by atoms with Gasteiger partial charge < -0.3 is 14.4 Å². The fourth-order valence-electron chi connectivity index (χ4n) is 2.00. The molecule has 1 aromatic carbocycles. The third-order valence-electron chi connectivity index (χ3n) is 2.94. The molecule has 0 bridgehead atoms. The Labute approximate surface area is 102 Å². The fraction of sp³-hybridized carbons (Fsp3) is 0.462. The highest BCUT2D eigenvalue weighted by molar-refractivity contribution is 5.85. The Morgan fingerprint density at radius 2 is 1.94 bits per heavy atom. The Kier molecular flexibility index (Phi) is 4.12. The van der Waals surface area contributed by atoms with Gasteiger partial charge in [-0.2, -0.15) is 0 Å². The Morgan fingerprint density at radius 3 is 2.53 bits per heavy atom. The second-order valence-corrected chi connectivity index (χ2v) is 4.01. The molecule has 0 aromatic heterocycles. The van der Waals surface area contributed by atoms with Crippen LogP contribution in [0.5, 0.6) is 0 Å². The predicted molar refractivity (Wildman–Crippen MR) is 66.3 cm³/mol. The first-order chi connectivity index (χ1) is 8.33. The van der Waals surface area contributed by atoms with Gasteiger partial charge in [-0.25, -0.2) is 0 Å². The minimum absolute atomic E-state index is 0.283. The van der Waals surface area contributed by atoms with Crippen molar-refractivity contribution in [2.75, 3.05) is 33.4 Å². The highest BCUT2D eigenvalue weighted by atomic mass is 16.5. The maximum atomic E-state index is 8.22. The van der Waals surface area contributed by atoms with E-state index in [2.05, 4.69) is 0 Å². The summed E-state index contributed by atoms with van der Waals surface area (Å²) in [6.07, 6.45) is -0.283. The Balaban J connectivity index is 2.10. The lowest BCUT2D eigenvalue weighted by Crippen LogP contribution is -2.43. The van der Waals surface area contributed by atoms with E-state index in [1.54, 1.807) is 7.11 Å². The first kappa shape index (κ1) is 12.1. The number of hydrogen-bond donors (Lipinski definition) is 1. The monoisotopic (exact) mass is 234 g/mol. The van der Waals surface area contributed by atoms with Crippen LogP contribution in [0.1, 0.15) is 11.7 Å². The summed E-state index contributed by atoms with van der Waals surface area (Å²) in [6, 6.07) is 9.88. The third kappa shape index (κ3) is 2.84. The lowest BCUT2D eigenvalue weighted by molar-refractivity contribution is 0.0578. The molecule has 1 saturated heterocycles. The molecule has 4 heteroatoms. The molecule has 1 N–H and O–H groups in total. The molecule has 92 valence electrons. The Morgan fingerprint density at radius 1 is 1.29 bits per heavy atom. The normalized spacial score (nSPS) is 17.8. The van der Waals surface area contributed by atoms with E-state index in [-0.39, 0.29) is 6.10 Å². The van der Waals surface area contributed by atoms with Crippen LogP contribution in [0.4, 0.5) is 0 Å². The van der Waals surface area contributed by atoms with Gasteiger partial charge in [0.1, 0.15) is 11.9 Å². The van der Waals surface area contributed by atoms with Crippen molar-refractivity contribution >= 4 is 5.84 Å². The molecule has 0 spiro atoms. The molecular weight excluding hydrogens is 216 g/mol. The molecule has 17 heavy (non-hydrogen) atoms. The molecule has 1 atom stereocenters. The molecule has 2 rings (SSSR count). The van der Waals surface area contributed by atoms with Crippen molar-refractivity contribution in [2.45, 2.75) is 6.10 Å². The Hall–Kier alpha value is -1.39. The number of nitrogens with one attached hydrogen (secondary N) is 1. The van der Waals surface area contributed by atoms with Crippen LogP contribution in [0, 0.1) is 5.41 Å². The van der Waals surface area contributed by atoms with Gasteiger partial charge in [-0.1, -0.05) is 30.3 Å². The average molecular weight is 234 g/mol. The Bertz CT molecular complexity index is 361. The maximum Gasteiger partial charge on any atom is 0.139 e. The first-order valence-electron chi connectivity index (χ1n) is 5.82. The SMILES string of the molecule is COC(C(=N)N1CCOCC1)c1ccccc1. The van der Waals surface area contributed by atoms with E-state index < -0.39 is 0 Å². The number of methoxy groups -OCH3 is 1. The summed E-state index contributed by atoms with van der Waals surface area (Å²) >= 11 is 0. The minimum atomic E-state index is -0.283. The van der Waals surface area contributed by atoms with Gasteiger partial charge in [-0.05, 0) is 5.56 Å². The number of rotatable bonds is 3. The quantitative estimate of drug-likeness (QED) is 0.639. The van der Waals surface area contributed by atoms with Crippen LogP contribution >= 0.6 is 0 Å². The second kappa shape index (κ2) is 5.80. The van der Waals surface area contributed by atoms with Crippen molar-refractivity contribution in [2.24, 2.45) is 0 Å². The average Bonchev–Trinajstić information content (AvgIpc) is 2.42. The zero-order chi connectivity index (χ0) is 12.1. The minimum Gasteiger partial charge on any atom is -0.378 e. The van der Waals surface area contributed by atoms with Crippen LogP contribution < -0.4 is 0 Å². The fourth-order valence-corrected chi connectivity index (χ4v) is 2.00. The van der Waals surface area contributed by atoms with Crippen molar-refractivity contribution < 1.29 is 9.47 Å². The van der Waals surface area contributed by atoms with Crippen molar-refractivity contribution in [1.29, 1.82) is 5.41 Å². The predicted octanol–water partition coefficient (Wildman–Crippen LogP) is 1.68. The van der Waals surface area contributed by atoms with Gasteiger partial charge in [0.05, 0.1) is 13.2 Å². The van der Waals surface area contributed by atoms with Gasteiger partial charge in [0.15, 0.2) is 0 Å². The smallest absolute Gasteiger partial charge is 0.139 e. The first-order valence-corrected chi connectivity index (χ1v) is 5.82. The van der Waals surface area contributed by atoms with Gasteiger partial charge in [0.2, 0.25) is 0 Å². The van der Waals surface area contributed by atoms with E-state index >= 15 is 0 Å². The second-order valence-electron chi connectivity index (χ2n) is 4.01. The zero-order valence-corrected chi connectivity index (χ0v) is 10.1. The van der Waals surface area contributed by atoms with Gasteiger partial charge in [-0.15, -0.1) is 0 Å². The summed E-state index contributed by atoms with van der Waals surface area (Å²) in [5.74, 6) is 0.516. The largest absolute Gasteiger partial charge is 0.378 e. The summed E-state index contributed by atoms with van der Waals surface area (Å²) in [5.41, 5.74) is 1.02. The maximum absolute atomic E-state index is 8.22. The molecule has 4 nitrogen and oxygen atoms in total. The van der Waals surface area contributed by atoms with Gasteiger partial charge >= 0.3 is 0 Å². The van der Waals surface area contributed by atoms with Crippen LogP contribution in [-0.2, 0) is 9.47 Å². The molecule has 0 aliphatic carbocycles. The van der Waals surface area contributed by atoms with Crippen LogP contribution in [0.25, 0.3) is 0 Å². The summed E-state index contributed by atoms with van der Waals surface area (Å²) in [7, 11) is 1.65. The number of hydrogen-bond acceptors (Lipinski definition) is 3. The number of ether oxygens (including phenoxy) is 2. The highest BCUT2D eigenvalue weighted by Gasteiger charge is 2.23. The molecule has 0 saturated carbocycles. The molecule has 1 aromatic rings. The molecule has 1 heterocycles. The highest BCUT2D eigenvalue weighted by Crippen LogP contribution is 2.19. The molecule has 0 amide bonds. The van der Waals surface area contributed by atoms with E-state index in [0.29, 0.717) is 19.0 Å². The summed E-state index contributed by atoms with van der Waals surface area (Å²) in [6.45, 7) is 2.91. The zero-order valence-electron chi connectivity index (χ0n) is 10.1. The van der Waals surface area contributed by atoms with Gasteiger partial charge in [0.25, 0.3) is 0 Å². The molecule has 1 fully saturated rings. The standard InChI is InChI=1S/C13H18N2O2/c1-16-12(11-5-3-2-4-6-11)13(14)15-7-9-17-10-8-15/h2-6,12,14H,7-10H2,1H3. The summed E-state index contributed by atoms with van der Waals surface area (Å²) in [4.78, 5) is 2.02. The number of benzene rings is 1. The number of nitrogens with zero attached hydrogens (tertiary/aromatic N) is 1. The lowest BCUT2D eigenvalue weighted by Gasteiger charge is -2.32. The van der Waals surface area contributed by atoms with Gasteiger partial charge in [0, 0.05) is 20.2 Å². The van der Waals surface area contributed by atoms with Crippen LogP contribution in [0.2, 0.25) is 0 Å². The van der Waals surface area contributed by atoms with Gasteiger partial charge in [-0.3, -0.25) is 5.41 Å². The van der Waals surface area contributed by atoms with Crippen LogP contribution in [0.3, 0.4) is 0 Å². The molecule has 1 aliphatic heterocycles. The number of amidine groups is 1. The molecule has 1 unspecified atom stereocenters. The van der Waals surface area contributed by atoms with Crippen molar-refractivity contribution in [3.8, 4) is 0 Å². The van der Waals surface area contributed by atoms with E-state index in [1.807, 2.05) is 35.2 Å². The molecular formula is C13H18N2O2. The van der Waals surface area contributed by atoms with Crippen LogP contribution in [0.15, 0.2) is 30.3 Å². The van der Waals surface area contributed by atoms with Crippen molar-refractivity contribution in [3.63, 3.8) is 0 Å². The third-order valence-corrected chi connectivity index (χ3v) is 2.94.